The molecule has 142 valence electrons. The van der Waals surface area contributed by atoms with Gasteiger partial charge in [0.2, 0.25) is 0 Å². The van der Waals surface area contributed by atoms with Crippen molar-refractivity contribution in [2.45, 2.75) is 13.8 Å². The van der Waals surface area contributed by atoms with Crippen LogP contribution in [0.4, 0.5) is 5.69 Å². The van der Waals surface area contributed by atoms with E-state index in [1.807, 2.05) is 66.8 Å². The van der Waals surface area contributed by atoms with E-state index in [9.17, 15) is 4.79 Å². The van der Waals surface area contributed by atoms with E-state index in [2.05, 4.69) is 49.5 Å². The molecule has 0 bridgehead atoms. The van der Waals surface area contributed by atoms with Gasteiger partial charge < -0.3 is 5.32 Å². The molecule has 0 fully saturated rings. The van der Waals surface area contributed by atoms with Gasteiger partial charge in [0, 0.05) is 22.4 Å². The molecule has 2 nitrogen and oxygen atoms in total. The first-order valence-corrected chi connectivity index (χ1v) is 9.76. The summed E-state index contributed by atoms with van der Waals surface area (Å²) in [5, 5.41) is 3.65. The summed E-state index contributed by atoms with van der Waals surface area (Å²) in [6, 6.07) is 25.9. The zero-order chi connectivity index (χ0) is 20.2. The van der Waals surface area contributed by atoms with E-state index < -0.39 is 0 Å². The fourth-order valence-corrected chi connectivity index (χ4v) is 3.62. The average molecular weight is 377 g/mol. The summed E-state index contributed by atoms with van der Waals surface area (Å²) in [4.78, 5) is 13.2. The number of anilines is 1. The van der Waals surface area contributed by atoms with Gasteiger partial charge in [0.1, 0.15) is 0 Å². The van der Waals surface area contributed by atoms with Gasteiger partial charge >= 0.3 is 0 Å². The maximum atomic E-state index is 13.2. The molecule has 1 aliphatic rings. The largest absolute Gasteiger partial charge is 0.354 e. The minimum Gasteiger partial charge on any atom is -0.354 e. The van der Waals surface area contributed by atoms with E-state index in [0.29, 0.717) is 11.1 Å². The van der Waals surface area contributed by atoms with Crippen molar-refractivity contribution < 1.29 is 4.79 Å². The Bertz CT molecular complexity index is 1120. The van der Waals surface area contributed by atoms with E-state index >= 15 is 0 Å². The van der Waals surface area contributed by atoms with E-state index in [1.54, 1.807) is 0 Å². The first-order chi connectivity index (χ1) is 14.1. The molecule has 0 radical (unpaired) electrons. The molecule has 2 heteroatoms. The van der Waals surface area contributed by atoms with Crippen molar-refractivity contribution in [1.82, 2.24) is 0 Å². The first-order valence-electron chi connectivity index (χ1n) is 9.76. The predicted molar refractivity (Wildman–Crippen MR) is 121 cm³/mol. The smallest absolute Gasteiger partial charge is 0.193 e. The number of hydrogen-bond acceptors (Lipinski definition) is 2. The minimum atomic E-state index is 0.0299. The Hall–Kier alpha value is -3.65. The number of ketones is 1. The van der Waals surface area contributed by atoms with Gasteiger partial charge in [-0.05, 0) is 30.5 Å². The van der Waals surface area contributed by atoms with Crippen LogP contribution in [0.15, 0.2) is 108 Å². The summed E-state index contributed by atoms with van der Waals surface area (Å²) in [6.07, 6.45) is 5.86. The highest BCUT2D eigenvalue weighted by Crippen LogP contribution is 2.33. The average Bonchev–Trinajstić information content (AvgIpc) is 3.24. The zero-order valence-electron chi connectivity index (χ0n) is 16.6. The van der Waals surface area contributed by atoms with Crippen LogP contribution >= 0.6 is 0 Å². The summed E-state index contributed by atoms with van der Waals surface area (Å²) in [6.45, 7) is 4.19. The van der Waals surface area contributed by atoms with Crippen LogP contribution in [-0.4, -0.2) is 5.78 Å². The Morgan fingerprint density at radius 1 is 0.724 bits per heavy atom. The van der Waals surface area contributed by atoms with Crippen LogP contribution in [0.5, 0.6) is 0 Å². The Labute approximate surface area is 171 Å². The van der Waals surface area contributed by atoms with Gasteiger partial charge in [-0.15, -0.1) is 0 Å². The maximum absolute atomic E-state index is 13.2. The molecule has 0 heterocycles. The molecule has 0 saturated carbocycles. The van der Waals surface area contributed by atoms with E-state index in [1.165, 1.54) is 11.1 Å². The van der Waals surface area contributed by atoms with Crippen LogP contribution in [0.1, 0.15) is 27.0 Å². The molecule has 3 aromatic carbocycles. The number of nitrogens with one attached hydrogen (secondary N) is 1. The van der Waals surface area contributed by atoms with Crippen LogP contribution in [0.2, 0.25) is 0 Å². The molecule has 0 amide bonds. The second kappa shape index (κ2) is 8.15. The lowest BCUT2D eigenvalue weighted by Gasteiger charge is -2.19. The molecular weight excluding hydrogens is 354 g/mol. The summed E-state index contributed by atoms with van der Waals surface area (Å²) >= 11 is 0. The molecule has 1 aliphatic carbocycles. The van der Waals surface area contributed by atoms with Crippen molar-refractivity contribution in [1.29, 1.82) is 0 Å². The Kier molecular flexibility index (Phi) is 5.26. The van der Waals surface area contributed by atoms with Gasteiger partial charge in [-0.3, -0.25) is 4.79 Å². The summed E-state index contributed by atoms with van der Waals surface area (Å²) in [7, 11) is 0. The van der Waals surface area contributed by atoms with Crippen LogP contribution in [0.25, 0.3) is 5.70 Å². The van der Waals surface area contributed by atoms with Crippen LogP contribution in [0.3, 0.4) is 0 Å². The normalized spacial score (nSPS) is 14.5. The highest BCUT2D eigenvalue weighted by Gasteiger charge is 2.22. The van der Waals surface area contributed by atoms with Crippen molar-refractivity contribution in [3.8, 4) is 0 Å². The van der Waals surface area contributed by atoms with Crippen molar-refractivity contribution >= 4 is 17.2 Å². The van der Waals surface area contributed by atoms with Crippen LogP contribution < -0.4 is 5.32 Å². The Balaban J connectivity index is 1.84. The molecule has 1 N–H and O–H groups in total. The lowest BCUT2D eigenvalue weighted by atomic mass is 9.95. The predicted octanol–water partition coefficient (Wildman–Crippen LogP) is 6.51. The van der Waals surface area contributed by atoms with E-state index in [4.69, 9.17) is 0 Å². The number of carbonyl (C=O) groups is 1. The molecule has 3 aromatic rings. The van der Waals surface area contributed by atoms with Crippen molar-refractivity contribution in [2.24, 2.45) is 0 Å². The number of allylic oxidation sites excluding steroid dienone is 5. The minimum absolute atomic E-state index is 0.0299. The quantitative estimate of drug-likeness (QED) is 0.514. The topological polar surface area (TPSA) is 29.1 Å². The van der Waals surface area contributed by atoms with E-state index in [0.717, 1.165) is 22.5 Å². The molecule has 0 aliphatic heterocycles. The van der Waals surface area contributed by atoms with Crippen molar-refractivity contribution in [2.75, 3.05) is 5.32 Å². The number of Topliss-reactive ketones (excluding diaryl/α,β-unsaturated/α-hetero) is 1. The molecular formula is C27H23NO. The van der Waals surface area contributed by atoms with Crippen LogP contribution in [0, 0.1) is 13.8 Å². The van der Waals surface area contributed by atoms with Crippen molar-refractivity contribution in [3.63, 3.8) is 0 Å². The molecule has 0 unspecified atom stereocenters. The standard InChI is InChI=1S/C27H23NO/c1-19-11-9-12-20(2)25(19)28-26(21-13-5-3-6-14-21)23-17-10-18-24(23)27(29)22-15-7-4-8-16-22/h3-18,28H,1-2H3/b26-23-. The van der Waals surface area contributed by atoms with Crippen LogP contribution in [-0.2, 0) is 0 Å². The molecule has 29 heavy (non-hydrogen) atoms. The molecule has 0 saturated heterocycles. The second-order valence-electron chi connectivity index (χ2n) is 7.18. The number of carbonyl (C=O) groups excluding carboxylic acids is 1. The van der Waals surface area contributed by atoms with Gasteiger partial charge in [-0.1, -0.05) is 97.1 Å². The number of hydrogen-bond donors (Lipinski definition) is 1. The molecule has 4 rings (SSSR count). The number of rotatable bonds is 5. The SMILES string of the molecule is Cc1cccc(C)c1N/C(=C1/C=CC=C1C(=O)c1ccccc1)c1ccccc1. The fourth-order valence-electron chi connectivity index (χ4n) is 3.62. The van der Waals surface area contributed by atoms with Gasteiger partial charge in [0.15, 0.2) is 5.78 Å². The molecule has 0 atom stereocenters. The maximum Gasteiger partial charge on any atom is 0.193 e. The molecule has 0 spiro atoms. The van der Waals surface area contributed by atoms with Gasteiger partial charge in [0.05, 0.1) is 5.70 Å². The number of para-hydroxylation sites is 1. The zero-order valence-corrected chi connectivity index (χ0v) is 16.6. The van der Waals surface area contributed by atoms with Gasteiger partial charge in [0.25, 0.3) is 0 Å². The lowest BCUT2D eigenvalue weighted by Crippen LogP contribution is -2.10. The second-order valence-corrected chi connectivity index (χ2v) is 7.18. The summed E-state index contributed by atoms with van der Waals surface area (Å²) < 4.78 is 0. The summed E-state index contributed by atoms with van der Waals surface area (Å²) in [5.41, 5.74) is 7.70. The lowest BCUT2D eigenvalue weighted by molar-refractivity contribution is 0.103. The highest BCUT2D eigenvalue weighted by atomic mass is 16.1. The Morgan fingerprint density at radius 2 is 1.31 bits per heavy atom. The van der Waals surface area contributed by atoms with E-state index in [-0.39, 0.29) is 5.78 Å². The highest BCUT2D eigenvalue weighted by molar-refractivity contribution is 6.14. The number of aryl methyl sites for hydroxylation is 2. The summed E-state index contributed by atoms with van der Waals surface area (Å²) in [5.74, 6) is 0.0299. The third-order valence-corrected chi connectivity index (χ3v) is 5.16. The third-order valence-electron chi connectivity index (χ3n) is 5.16. The van der Waals surface area contributed by atoms with Gasteiger partial charge in [-0.2, -0.15) is 0 Å². The fraction of sp³-hybridized carbons (Fsp3) is 0.0741. The Morgan fingerprint density at radius 3 is 1.93 bits per heavy atom. The third kappa shape index (κ3) is 3.83. The number of benzene rings is 3. The molecule has 0 aromatic heterocycles. The first kappa shape index (κ1) is 18.7. The monoisotopic (exact) mass is 377 g/mol. The van der Waals surface area contributed by atoms with Crippen molar-refractivity contribution in [3.05, 3.63) is 130 Å². The van der Waals surface area contributed by atoms with Gasteiger partial charge in [-0.25, -0.2) is 0 Å².